The van der Waals surface area contributed by atoms with Crippen LogP contribution in [0, 0.1) is 0 Å². The Hall–Kier alpha value is -0.540. The van der Waals surface area contributed by atoms with Crippen molar-refractivity contribution in [2.45, 2.75) is 57.5 Å². The molecular weight excluding hydrogens is 288 g/mol. The number of anilines is 1. The third kappa shape index (κ3) is 3.07. The van der Waals surface area contributed by atoms with Gasteiger partial charge in [-0.1, -0.05) is 6.07 Å². The molecule has 0 aliphatic carbocycles. The molecule has 0 unspecified atom stereocenters. The lowest BCUT2D eigenvalue weighted by atomic mass is 9.73. The molecule has 1 heterocycles. The summed E-state index contributed by atoms with van der Waals surface area (Å²) in [7, 11) is 0. The summed E-state index contributed by atoms with van der Waals surface area (Å²) in [5, 5.41) is 3.72. The second-order valence-electron chi connectivity index (χ2n) is 6.78. The van der Waals surface area contributed by atoms with Crippen LogP contribution in [0.4, 0.5) is 5.69 Å². The molecule has 0 radical (unpaired) electrons. The van der Waals surface area contributed by atoms with E-state index in [0.29, 0.717) is 5.92 Å². The Morgan fingerprint density at radius 1 is 1.17 bits per heavy atom. The van der Waals surface area contributed by atoms with Gasteiger partial charge in [-0.2, -0.15) is 0 Å². The zero-order valence-corrected chi connectivity index (χ0v) is 13.3. The zero-order valence-electron chi connectivity index (χ0n) is 11.7. The zero-order chi connectivity index (χ0) is 13.6. The van der Waals surface area contributed by atoms with Crippen molar-refractivity contribution >= 4 is 21.6 Å². The number of nitrogens with two attached hydrogens (primary N) is 1. The van der Waals surface area contributed by atoms with Gasteiger partial charge in [0.15, 0.2) is 0 Å². The van der Waals surface area contributed by atoms with E-state index in [4.69, 9.17) is 5.73 Å². The number of hydrogen-bond acceptors (Lipinski definition) is 2. The second kappa shape index (κ2) is 4.53. The Balaban J connectivity index is 2.29. The van der Waals surface area contributed by atoms with E-state index in [1.165, 1.54) is 5.56 Å². The summed E-state index contributed by atoms with van der Waals surface area (Å²) >= 11 is 3.53. The van der Waals surface area contributed by atoms with Crippen LogP contribution in [0.1, 0.15) is 52.0 Å². The van der Waals surface area contributed by atoms with Gasteiger partial charge in [0.2, 0.25) is 0 Å². The predicted octanol–water partition coefficient (Wildman–Crippen LogP) is 4.06. The normalized spacial score (nSPS) is 22.9. The highest BCUT2D eigenvalue weighted by atomic mass is 79.9. The quantitative estimate of drug-likeness (QED) is 0.768. The van der Waals surface area contributed by atoms with Crippen molar-refractivity contribution in [2.75, 3.05) is 5.73 Å². The number of hydrogen-bond donors (Lipinski definition) is 2. The van der Waals surface area contributed by atoms with Gasteiger partial charge in [-0.15, -0.1) is 0 Å². The second-order valence-corrected chi connectivity index (χ2v) is 7.63. The molecule has 18 heavy (non-hydrogen) atoms. The van der Waals surface area contributed by atoms with Gasteiger partial charge < -0.3 is 11.1 Å². The molecule has 100 valence electrons. The Kier molecular flexibility index (Phi) is 3.50. The maximum atomic E-state index is 5.87. The molecule has 0 saturated carbocycles. The van der Waals surface area contributed by atoms with E-state index in [1.807, 2.05) is 6.07 Å². The topological polar surface area (TPSA) is 38.0 Å². The molecule has 2 nitrogen and oxygen atoms in total. The Bertz CT molecular complexity index is 436. The van der Waals surface area contributed by atoms with Crippen LogP contribution in [0.25, 0.3) is 0 Å². The van der Waals surface area contributed by atoms with E-state index in [2.05, 4.69) is 61.1 Å². The first-order chi connectivity index (χ1) is 8.19. The maximum Gasteiger partial charge on any atom is 0.0458 e. The van der Waals surface area contributed by atoms with Crippen LogP contribution in [-0.2, 0) is 0 Å². The lowest BCUT2D eigenvalue weighted by Crippen LogP contribution is -2.57. The summed E-state index contributed by atoms with van der Waals surface area (Å²) in [6, 6.07) is 6.35. The smallest absolute Gasteiger partial charge is 0.0458 e. The van der Waals surface area contributed by atoms with E-state index < -0.39 is 0 Å². The molecule has 1 fully saturated rings. The molecule has 2 rings (SSSR count). The number of halogens is 1. The van der Waals surface area contributed by atoms with E-state index in [-0.39, 0.29) is 11.1 Å². The Labute approximate surface area is 118 Å². The minimum Gasteiger partial charge on any atom is -0.398 e. The minimum atomic E-state index is 0.181. The van der Waals surface area contributed by atoms with Gasteiger partial charge in [0, 0.05) is 21.2 Å². The molecule has 0 atom stereocenters. The summed E-state index contributed by atoms with van der Waals surface area (Å²) in [5.41, 5.74) is 8.43. The largest absolute Gasteiger partial charge is 0.398 e. The fourth-order valence-electron chi connectivity index (χ4n) is 3.36. The molecule has 0 aromatic heterocycles. The highest BCUT2D eigenvalue weighted by Crippen LogP contribution is 2.40. The molecule has 3 N–H and O–H groups in total. The Morgan fingerprint density at radius 3 is 2.22 bits per heavy atom. The lowest BCUT2D eigenvalue weighted by Gasteiger charge is -2.46. The molecule has 1 aliphatic heterocycles. The van der Waals surface area contributed by atoms with Gasteiger partial charge in [0.1, 0.15) is 0 Å². The summed E-state index contributed by atoms with van der Waals surface area (Å²) < 4.78 is 1.01. The van der Waals surface area contributed by atoms with Crippen molar-refractivity contribution in [3.05, 3.63) is 28.2 Å². The van der Waals surface area contributed by atoms with Gasteiger partial charge in [0.25, 0.3) is 0 Å². The van der Waals surface area contributed by atoms with Gasteiger partial charge >= 0.3 is 0 Å². The van der Waals surface area contributed by atoms with Crippen molar-refractivity contribution in [1.29, 1.82) is 0 Å². The summed E-state index contributed by atoms with van der Waals surface area (Å²) in [5.74, 6) is 0.591. The van der Waals surface area contributed by atoms with Crippen LogP contribution >= 0.6 is 15.9 Å². The molecule has 1 aliphatic rings. The summed E-state index contributed by atoms with van der Waals surface area (Å²) in [6.45, 7) is 9.14. The first-order valence-electron chi connectivity index (χ1n) is 6.53. The average molecular weight is 311 g/mol. The third-order valence-corrected chi connectivity index (χ3v) is 4.37. The highest BCUT2D eigenvalue weighted by Gasteiger charge is 2.38. The molecule has 1 aromatic carbocycles. The van der Waals surface area contributed by atoms with Gasteiger partial charge in [0.05, 0.1) is 0 Å². The van der Waals surface area contributed by atoms with E-state index in [1.54, 1.807) is 0 Å². The van der Waals surface area contributed by atoms with E-state index in [0.717, 1.165) is 23.0 Å². The highest BCUT2D eigenvalue weighted by molar-refractivity contribution is 9.10. The van der Waals surface area contributed by atoms with Crippen molar-refractivity contribution in [1.82, 2.24) is 5.32 Å². The number of benzene rings is 1. The van der Waals surface area contributed by atoms with Crippen molar-refractivity contribution in [3.8, 4) is 0 Å². The van der Waals surface area contributed by atoms with E-state index >= 15 is 0 Å². The standard InChI is InChI=1S/C15H23BrN2/c1-14(2)8-11(9-15(3,4)18-14)10-5-6-13(17)12(16)7-10/h5-7,11,18H,8-9,17H2,1-4H3. The first-order valence-corrected chi connectivity index (χ1v) is 7.32. The fraction of sp³-hybridized carbons (Fsp3) is 0.600. The van der Waals surface area contributed by atoms with Crippen LogP contribution in [0.2, 0.25) is 0 Å². The first kappa shape index (κ1) is 13.9. The Morgan fingerprint density at radius 2 is 1.72 bits per heavy atom. The lowest BCUT2D eigenvalue weighted by molar-refractivity contribution is 0.162. The summed E-state index contributed by atoms with van der Waals surface area (Å²) in [6.07, 6.45) is 2.32. The van der Waals surface area contributed by atoms with Gasteiger partial charge in [-0.3, -0.25) is 0 Å². The van der Waals surface area contributed by atoms with Crippen molar-refractivity contribution < 1.29 is 0 Å². The molecule has 0 spiro atoms. The van der Waals surface area contributed by atoms with Crippen LogP contribution in [0.3, 0.4) is 0 Å². The molecular formula is C15H23BrN2. The predicted molar refractivity (Wildman–Crippen MR) is 81.8 cm³/mol. The number of nitrogen functional groups attached to an aromatic ring is 1. The molecule has 3 heteroatoms. The fourth-order valence-corrected chi connectivity index (χ4v) is 3.75. The maximum absolute atomic E-state index is 5.87. The molecule has 0 bridgehead atoms. The van der Waals surface area contributed by atoms with Crippen LogP contribution in [0.15, 0.2) is 22.7 Å². The summed E-state index contributed by atoms with van der Waals surface area (Å²) in [4.78, 5) is 0. The van der Waals surface area contributed by atoms with Crippen LogP contribution in [-0.4, -0.2) is 11.1 Å². The monoisotopic (exact) mass is 310 g/mol. The van der Waals surface area contributed by atoms with Crippen molar-refractivity contribution in [3.63, 3.8) is 0 Å². The SMILES string of the molecule is CC1(C)CC(c2ccc(N)c(Br)c2)CC(C)(C)N1. The van der Waals surface area contributed by atoms with Crippen LogP contribution in [0.5, 0.6) is 0 Å². The van der Waals surface area contributed by atoms with Gasteiger partial charge in [-0.05, 0) is 80.1 Å². The molecule has 0 amide bonds. The van der Waals surface area contributed by atoms with Gasteiger partial charge in [-0.25, -0.2) is 0 Å². The number of piperidine rings is 1. The molecule has 1 saturated heterocycles. The van der Waals surface area contributed by atoms with Crippen LogP contribution < -0.4 is 11.1 Å². The molecule has 1 aromatic rings. The van der Waals surface area contributed by atoms with E-state index in [9.17, 15) is 0 Å². The minimum absolute atomic E-state index is 0.181. The number of rotatable bonds is 1. The van der Waals surface area contributed by atoms with Crippen molar-refractivity contribution in [2.24, 2.45) is 0 Å². The third-order valence-electron chi connectivity index (χ3n) is 3.69. The average Bonchev–Trinajstić information content (AvgIpc) is 2.17. The number of nitrogens with one attached hydrogen (secondary N) is 1.